The van der Waals surface area contributed by atoms with Gasteiger partial charge in [0.2, 0.25) is 0 Å². The van der Waals surface area contributed by atoms with Crippen molar-refractivity contribution >= 4 is 5.97 Å². The lowest BCUT2D eigenvalue weighted by Crippen LogP contribution is -2.44. The number of carboxylic acid groups (broad SMARTS) is 1. The summed E-state index contributed by atoms with van der Waals surface area (Å²) in [5, 5.41) is 11.9. The minimum Gasteiger partial charge on any atom is -0.480 e. The molecule has 0 radical (unpaired) electrons. The lowest BCUT2D eigenvalue weighted by Gasteiger charge is -2.24. The van der Waals surface area contributed by atoms with E-state index >= 15 is 0 Å². The van der Waals surface area contributed by atoms with E-state index in [-0.39, 0.29) is 0 Å². The Bertz CT molecular complexity index is 332. The van der Waals surface area contributed by atoms with Gasteiger partial charge in [-0.05, 0) is 26.5 Å². The smallest absolute Gasteiger partial charge is 0.328 e. The van der Waals surface area contributed by atoms with Gasteiger partial charge >= 0.3 is 5.97 Å². The maximum absolute atomic E-state index is 11.1. The fourth-order valence-electron chi connectivity index (χ4n) is 1.26. The summed E-state index contributed by atoms with van der Waals surface area (Å²) in [5.74, 6) is -0.871. The predicted octanol–water partition coefficient (Wildman–Crippen LogP) is 1.51. The monoisotopic (exact) mass is 193 g/mol. The fraction of sp³-hybridized carbons (Fsp3) is 0.364. The van der Waals surface area contributed by atoms with Gasteiger partial charge in [-0.3, -0.25) is 0 Å². The molecule has 0 aliphatic rings. The molecule has 0 spiro atoms. The van der Waals surface area contributed by atoms with E-state index in [0.29, 0.717) is 0 Å². The van der Waals surface area contributed by atoms with Crippen LogP contribution >= 0.6 is 0 Å². The summed E-state index contributed by atoms with van der Waals surface area (Å²) >= 11 is 0. The third-order valence-electron chi connectivity index (χ3n) is 2.56. The fourth-order valence-corrected chi connectivity index (χ4v) is 1.26. The highest BCUT2D eigenvalue weighted by molar-refractivity contribution is 5.80. The van der Waals surface area contributed by atoms with E-state index < -0.39 is 11.5 Å². The van der Waals surface area contributed by atoms with Crippen molar-refractivity contribution in [2.45, 2.75) is 19.4 Å². The normalized spacial score (nSPS) is 14.8. The van der Waals surface area contributed by atoms with Crippen molar-refractivity contribution in [3.8, 4) is 0 Å². The van der Waals surface area contributed by atoms with Crippen molar-refractivity contribution in [1.29, 1.82) is 0 Å². The number of aryl methyl sites for hydroxylation is 1. The van der Waals surface area contributed by atoms with Crippen LogP contribution in [0, 0.1) is 6.92 Å². The highest BCUT2D eigenvalue weighted by Crippen LogP contribution is 2.20. The summed E-state index contributed by atoms with van der Waals surface area (Å²) in [7, 11) is 1.65. The van der Waals surface area contributed by atoms with Crippen molar-refractivity contribution in [3.63, 3.8) is 0 Å². The van der Waals surface area contributed by atoms with Gasteiger partial charge in [-0.2, -0.15) is 0 Å². The summed E-state index contributed by atoms with van der Waals surface area (Å²) in [6.45, 7) is 3.63. The van der Waals surface area contributed by atoms with Crippen LogP contribution in [0.1, 0.15) is 18.1 Å². The molecule has 1 atom stereocenters. The van der Waals surface area contributed by atoms with E-state index in [1.807, 2.05) is 31.2 Å². The largest absolute Gasteiger partial charge is 0.480 e. The summed E-state index contributed by atoms with van der Waals surface area (Å²) in [6.07, 6.45) is 0. The standard InChI is InChI=1S/C11H15NO2/c1-8-4-6-9(7-5-8)11(2,12-3)10(13)14/h4-7,12H,1-3H3,(H,13,14). The summed E-state index contributed by atoms with van der Waals surface area (Å²) in [5.41, 5.74) is 0.879. The number of rotatable bonds is 3. The molecule has 0 aliphatic carbocycles. The van der Waals surface area contributed by atoms with Crippen LogP contribution in [0.3, 0.4) is 0 Å². The van der Waals surface area contributed by atoms with Gasteiger partial charge in [0.05, 0.1) is 0 Å². The van der Waals surface area contributed by atoms with Crippen molar-refractivity contribution in [2.75, 3.05) is 7.05 Å². The molecule has 76 valence electrons. The van der Waals surface area contributed by atoms with Crippen LogP contribution in [0.4, 0.5) is 0 Å². The minimum atomic E-state index is -1.01. The number of benzene rings is 1. The van der Waals surface area contributed by atoms with E-state index in [0.717, 1.165) is 11.1 Å². The molecule has 1 aromatic rings. The molecule has 0 aliphatic heterocycles. The molecule has 0 aromatic heterocycles. The number of aliphatic carboxylic acids is 1. The molecule has 3 heteroatoms. The van der Waals surface area contributed by atoms with Crippen LogP contribution in [0.2, 0.25) is 0 Å². The van der Waals surface area contributed by atoms with E-state index in [9.17, 15) is 4.79 Å². The van der Waals surface area contributed by atoms with Crippen LogP contribution in [0.5, 0.6) is 0 Å². The van der Waals surface area contributed by atoms with E-state index in [1.165, 1.54) is 0 Å². The van der Waals surface area contributed by atoms with E-state index in [4.69, 9.17) is 5.11 Å². The third-order valence-corrected chi connectivity index (χ3v) is 2.56. The zero-order chi connectivity index (χ0) is 10.8. The van der Waals surface area contributed by atoms with Crippen LogP contribution in [-0.2, 0) is 10.3 Å². The van der Waals surface area contributed by atoms with Crippen molar-refractivity contribution < 1.29 is 9.90 Å². The Morgan fingerprint density at radius 2 is 1.86 bits per heavy atom. The molecule has 3 nitrogen and oxygen atoms in total. The molecule has 1 aromatic carbocycles. The lowest BCUT2D eigenvalue weighted by molar-refractivity contribution is -0.144. The summed E-state index contributed by atoms with van der Waals surface area (Å²) < 4.78 is 0. The van der Waals surface area contributed by atoms with Crippen LogP contribution < -0.4 is 5.32 Å². The molecule has 14 heavy (non-hydrogen) atoms. The van der Waals surface area contributed by atoms with Crippen LogP contribution in [-0.4, -0.2) is 18.1 Å². The average molecular weight is 193 g/mol. The van der Waals surface area contributed by atoms with Crippen molar-refractivity contribution in [1.82, 2.24) is 5.32 Å². The number of hydrogen-bond acceptors (Lipinski definition) is 2. The van der Waals surface area contributed by atoms with E-state index in [2.05, 4.69) is 5.32 Å². The quantitative estimate of drug-likeness (QED) is 0.765. The molecule has 1 unspecified atom stereocenters. The molecule has 0 heterocycles. The van der Waals surface area contributed by atoms with Gasteiger partial charge in [0.25, 0.3) is 0 Å². The van der Waals surface area contributed by atoms with Gasteiger partial charge in [0, 0.05) is 0 Å². The first-order valence-electron chi connectivity index (χ1n) is 4.50. The highest BCUT2D eigenvalue weighted by Gasteiger charge is 2.32. The summed E-state index contributed by atoms with van der Waals surface area (Å²) in [4.78, 5) is 11.1. The molecule has 2 N–H and O–H groups in total. The molecule has 0 amide bonds. The van der Waals surface area contributed by atoms with Gasteiger partial charge in [-0.1, -0.05) is 29.8 Å². The Kier molecular flexibility index (Phi) is 2.91. The van der Waals surface area contributed by atoms with Gasteiger partial charge in [-0.15, -0.1) is 0 Å². The number of carboxylic acids is 1. The number of hydrogen-bond donors (Lipinski definition) is 2. The van der Waals surface area contributed by atoms with Crippen molar-refractivity contribution in [3.05, 3.63) is 35.4 Å². The molecule has 0 bridgehead atoms. The van der Waals surface area contributed by atoms with Crippen LogP contribution in [0.25, 0.3) is 0 Å². The first-order chi connectivity index (χ1) is 6.50. The molecule has 1 rings (SSSR count). The second kappa shape index (κ2) is 3.80. The summed E-state index contributed by atoms with van der Waals surface area (Å²) in [6, 6.07) is 7.49. The first-order valence-corrected chi connectivity index (χ1v) is 4.50. The SMILES string of the molecule is CNC(C)(C(=O)O)c1ccc(C)cc1. The Morgan fingerprint density at radius 1 is 1.36 bits per heavy atom. The van der Waals surface area contributed by atoms with Gasteiger partial charge < -0.3 is 10.4 Å². The Balaban J connectivity index is 3.13. The maximum atomic E-state index is 11.1. The molecule has 0 fully saturated rings. The van der Waals surface area contributed by atoms with Crippen molar-refractivity contribution in [2.24, 2.45) is 0 Å². The number of carbonyl (C=O) groups is 1. The van der Waals surface area contributed by atoms with E-state index in [1.54, 1.807) is 14.0 Å². The lowest BCUT2D eigenvalue weighted by atomic mass is 9.92. The minimum absolute atomic E-state index is 0.762. The molecular formula is C11H15NO2. The zero-order valence-electron chi connectivity index (χ0n) is 8.66. The second-order valence-electron chi connectivity index (χ2n) is 3.55. The molecule has 0 saturated carbocycles. The predicted molar refractivity (Wildman–Crippen MR) is 55.2 cm³/mol. The zero-order valence-corrected chi connectivity index (χ0v) is 8.66. The maximum Gasteiger partial charge on any atom is 0.328 e. The topological polar surface area (TPSA) is 49.3 Å². The third kappa shape index (κ3) is 1.77. The Hall–Kier alpha value is -1.35. The van der Waals surface area contributed by atoms with Gasteiger partial charge in [-0.25, -0.2) is 4.79 Å². The Morgan fingerprint density at radius 3 is 2.21 bits per heavy atom. The first kappa shape index (κ1) is 10.7. The highest BCUT2D eigenvalue weighted by atomic mass is 16.4. The second-order valence-corrected chi connectivity index (χ2v) is 3.55. The number of nitrogens with one attached hydrogen (secondary N) is 1. The van der Waals surface area contributed by atoms with Gasteiger partial charge in [0.15, 0.2) is 0 Å². The molecular weight excluding hydrogens is 178 g/mol. The van der Waals surface area contributed by atoms with Gasteiger partial charge in [0.1, 0.15) is 5.54 Å². The average Bonchev–Trinajstić information content (AvgIpc) is 2.17. The molecule has 0 saturated heterocycles. The number of likely N-dealkylation sites (N-methyl/N-ethyl adjacent to an activating group) is 1. The Labute approximate surface area is 83.8 Å². The van der Waals surface area contributed by atoms with Crippen LogP contribution in [0.15, 0.2) is 24.3 Å².